The Bertz CT molecular complexity index is 1220. The number of aliphatic carboxylic acids is 1. The van der Waals surface area contributed by atoms with Gasteiger partial charge in [0.1, 0.15) is 6.61 Å². The maximum absolute atomic E-state index is 12.7. The third-order valence-corrected chi connectivity index (χ3v) is 6.64. The van der Waals surface area contributed by atoms with Crippen LogP contribution in [-0.2, 0) is 9.53 Å². The Morgan fingerprint density at radius 1 is 1.09 bits per heavy atom. The Morgan fingerprint density at radius 2 is 1.77 bits per heavy atom. The number of carbonyl (C=O) groups is 3. The molecule has 1 fully saturated rings. The fourth-order valence-electron chi connectivity index (χ4n) is 4.91. The average Bonchev–Trinajstić information content (AvgIpc) is 3.59. The van der Waals surface area contributed by atoms with Gasteiger partial charge in [0.05, 0.1) is 0 Å². The first-order valence-corrected chi connectivity index (χ1v) is 11.6. The van der Waals surface area contributed by atoms with Crippen LogP contribution in [0.1, 0.15) is 46.8 Å². The summed E-state index contributed by atoms with van der Waals surface area (Å²) in [5.41, 5.74) is 4.59. The number of carboxylic acids is 1. The minimum atomic E-state index is -0.838. The summed E-state index contributed by atoms with van der Waals surface area (Å²) in [6.45, 7) is 1.17. The van der Waals surface area contributed by atoms with E-state index in [1.807, 2.05) is 36.4 Å². The molecule has 0 spiro atoms. The Morgan fingerprint density at radius 3 is 2.46 bits per heavy atom. The van der Waals surface area contributed by atoms with E-state index in [2.05, 4.69) is 22.6 Å². The van der Waals surface area contributed by atoms with Gasteiger partial charge in [0.25, 0.3) is 5.91 Å². The number of likely N-dealkylation sites (tertiary alicyclic amines) is 1. The van der Waals surface area contributed by atoms with Gasteiger partial charge in [-0.1, -0.05) is 53.7 Å². The van der Waals surface area contributed by atoms with Gasteiger partial charge in [0.15, 0.2) is 5.69 Å². The number of benzene rings is 2. The number of carboxylic acid groups (broad SMARTS) is 1. The van der Waals surface area contributed by atoms with Crippen molar-refractivity contribution < 1.29 is 28.8 Å². The molecular weight excluding hydrogens is 450 g/mol. The molecule has 0 saturated carbocycles. The number of fused-ring (bicyclic) bond motifs is 3. The minimum absolute atomic E-state index is 0.0206. The van der Waals surface area contributed by atoms with E-state index in [9.17, 15) is 14.4 Å². The highest BCUT2D eigenvalue weighted by molar-refractivity contribution is 5.94. The smallest absolute Gasteiger partial charge is 0.414 e. The van der Waals surface area contributed by atoms with E-state index in [1.54, 1.807) is 4.90 Å². The van der Waals surface area contributed by atoms with Crippen LogP contribution in [0.4, 0.5) is 10.7 Å². The molecule has 1 aliphatic carbocycles. The molecule has 1 saturated heterocycles. The molecule has 0 radical (unpaired) electrons. The monoisotopic (exact) mass is 475 g/mol. The van der Waals surface area contributed by atoms with Gasteiger partial charge in [-0.05, 0) is 41.0 Å². The lowest BCUT2D eigenvalue weighted by Gasteiger charge is -2.14. The molecule has 2 aromatic carbocycles. The van der Waals surface area contributed by atoms with Gasteiger partial charge in [0.2, 0.25) is 5.88 Å². The lowest BCUT2D eigenvalue weighted by Crippen LogP contribution is -2.29. The predicted octanol–water partition coefficient (Wildman–Crippen LogP) is 4.36. The number of carbonyl (C=O) groups excluding carboxylic acids is 2. The molecule has 2 N–H and O–H groups in total. The Hall–Kier alpha value is -4.14. The van der Waals surface area contributed by atoms with Crippen molar-refractivity contribution in [3.8, 4) is 11.1 Å². The van der Waals surface area contributed by atoms with Crippen LogP contribution in [0.25, 0.3) is 11.1 Å². The van der Waals surface area contributed by atoms with E-state index in [4.69, 9.17) is 14.4 Å². The average molecular weight is 476 g/mol. The molecule has 0 bridgehead atoms. The number of amides is 2. The molecule has 2 aliphatic rings. The van der Waals surface area contributed by atoms with Crippen LogP contribution in [0.2, 0.25) is 0 Å². The number of hydrogen-bond acceptors (Lipinski definition) is 6. The zero-order valence-electron chi connectivity index (χ0n) is 19.0. The summed E-state index contributed by atoms with van der Waals surface area (Å²) in [4.78, 5) is 37.5. The van der Waals surface area contributed by atoms with Crippen molar-refractivity contribution in [2.45, 2.75) is 25.2 Å². The second-order valence-corrected chi connectivity index (χ2v) is 8.87. The normalized spacial score (nSPS) is 16.6. The number of anilines is 1. The number of nitrogens with zero attached hydrogens (tertiary/aromatic N) is 2. The zero-order chi connectivity index (χ0) is 24.4. The first-order chi connectivity index (χ1) is 17.0. The third-order valence-electron chi connectivity index (χ3n) is 6.64. The van der Waals surface area contributed by atoms with Crippen LogP contribution in [-0.4, -0.2) is 52.8 Å². The van der Waals surface area contributed by atoms with Gasteiger partial charge in [-0.2, -0.15) is 0 Å². The molecule has 1 unspecified atom stereocenters. The number of ether oxygens (including phenoxy) is 1. The molecule has 9 nitrogen and oxygen atoms in total. The fourth-order valence-corrected chi connectivity index (χ4v) is 4.91. The quantitative estimate of drug-likeness (QED) is 0.520. The molecule has 1 aliphatic heterocycles. The molecule has 2 heterocycles. The number of rotatable bonds is 7. The van der Waals surface area contributed by atoms with Crippen LogP contribution in [0, 0.1) is 5.92 Å². The second-order valence-electron chi connectivity index (χ2n) is 8.87. The number of hydrogen-bond donors (Lipinski definition) is 2. The molecule has 9 heteroatoms. The third kappa shape index (κ3) is 4.75. The number of nitrogens with one attached hydrogen (secondary N) is 1. The van der Waals surface area contributed by atoms with Crippen molar-refractivity contribution in [3.05, 3.63) is 71.4 Å². The fraction of sp³-hybridized carbons (Fsp3) is 0.308. The van der Waals surface area contributed by atoms with Crippen LogP contribution in [0.15, 0.2) is 59.1 Å². The Kier molecular flexibility index (Phi) is 6.22. The Labute approximate surface area is 201 Å². The SMILES string of the molecule is O=C(O)CCC1CCN(C(=O)c2cc(NC(=O)OCC3c4ccccc4-c4ccccc43)on2)C1. The summed E-state index contributed by atoms with van der Waals surface area (Å²) < 4.78 is 10.6. The van der Waals surface area contributed by atoms with Gasteiger partial charge < -0.3 is 19.3 Å². The highest BCUT2D eigenvalue weighted by Crippen LogP contribution is 2.44. The molecule has 1 atom stereocenters. The van der Waals surface area contributed by atoms with Crippen molar-refractivity contribution in [1.82, 2.24) is 10.1 Å². The standard InChI is InChI=1S/C26H25N3O6/c30-24(31)10-9-16-11-12-29(14-16)25(32)22-13-23(35-28-22)27-26(33)34-15-21-19-7-3-1-5-17(19)18-6-2-4-8-20(18)21/h1-8,13,16,21H,9-12,14-15H2,(H,27,33)(H,30,31). The van der Waals surface area contributed by atoms with Crippen LogP contribution in [0.5, 0.6) is 0 Å². The summed E-state index contributed by atoms with van der Waals surface area (Å²) in [7, 11) is 0. The second kappa shape index (κ2) is 9.61. The molecule has 1 aromatic heterocycles. The van der Waals surface area contributed by atoms with E-state index in [0.717, 1.165) is 28.7 Å². The largest absolute Gasteiger partial charge is 0.481 e. The molecule has 35 heavy (non-hydrogen) atoms. The summed E-state index contributed by atoms with van der Waals surface area (Å²) in [5, 5.41) is 15.1. The highest BCUT2D eigenvalue weighted by Gasteiger charge is 2.30. The van der Waals surface area contributed by atoms with Gasteiger partial charge in [-0.25, -0.2) is 4.79 Å². The van der Waals surface area contributed by atoms with E-state index in [1.165, 1.54) is 6.07 Å². The van der Waals surface area contributed by atoms with Crippen molar-refractivity contribution in [2.24, 2.45) is 5.92 Å². The zero-order valence-corrected chi connectivity index (χ0v) is 19.0. The predicted molar refractivity (Wildman–Crippen MR) is 126 cm³/mol. The molecule has 3 aromatic rings. The highest BCUT2D eigenvalue weighted by atomic mass is 16.6. The summed E-state index contributed by atoms with van der Waals surface area (Å²) in [6.07, 6.45) is 0.677. The van der Waals surface area contributed by atoms with Crippen LogP contribution < -0.4 is 5.32 Å². The van der Waals surface area contributed by atoms with E-state index in [0.29, 0.717) is 19.5 Å². The molecule has 180 valence electrons. The van der Waals surface area contributed by atoms with Gasteiger partial charge in [-0.3, -0.25) is 14.9 Å². The molecular formula is C26H25N3O6. The van der Waals surface area contributed by atoms with Crippen LogP contribution >= 0.6 is 0 Å². The minimum Gasteiger partial charge on any atom is -0.481 e. The Balaban J connectivity index is 1.16. The summed E-state index contributed by atoms with van der Waals surface area (Å²) >= 11 is 0. The lowest BCUT2D eigenvalue weighted by atomic mass is 9.98. The van der Waals surface area contributed by atoms with E-state index in [-0.39, 0.29) is 42.3 Å². The van der Waals surface area contributed by atoms with Crippen molar-refractivity contribution in [3.63, 3.8) is 0 Å². The summed E-state index contributed by atoms with van der Waals surface area (Å²) in [5.74, 6) is -1.04. The van der Waals surface area contributed by atoms with E-state index < -0.39 is 12.1 Å². The first kappa shape index (κ1) is 22.6. The lowest BCUT2D eigenvalue weighted by molar-refractivity contribution is -0.137. The first-order valence-electron chi connectivity index (χ1n) is 11.6. The van der Waals surface area contributed by atoms with Crippen molar-refractivity contribution in [1.29, 1.82) is 0 Å². The molecule has 2 amide bonds. The van der Waals surface area contributed by atoms with Crippen molar-refractivity contribution in [2.75, 3.05) is 25.0 Å². The van der Waals surface area contributed by atoms with E-state index >= 15 is 0 Å². The maximum atomic E-state index is 12.7. The van der Waals surface area contributed by atoms with Gasteiger partial charge in [-0.15, -0.1) is 0 Å². The van der Waals surface area contributed by atoms with Gasteiger partial charge in [0, 0.05) is 31.5 Å². The number of aromatic nitrogens is 1. The topological polar surface area (TPSA) is 122 Å². The summed E-state index contributed by atoms with van der Waals surface area (Å²) in [6, 6.07) is 17.5. The maximum Gasteiger partial charge on any atom is 0.414 e. The van der Waals surface area contributed by atoms with Crippen LogP contribution in [0.3, 0.4) is 0 Å². The van der Waals surface area contributed by atoms with Crippen molar-refractivity contribution >= 4 is 23.9 Å². The molecule has 5 rings (SSSR count). The van der Waals surface area contributed by atoms with Gasteiger partial charge >= 0.3 is 12.1 Å².